The second-order valence-corrected chi connectivity index (χ2v) is 3.91. The van der Waals surface area contributed by atoms with E-state index < -0.39 is 17.6 Å². The Hall–Kier alpha value is -0.610. The van der Waals surface area contributed by atoms with Crippen LogP contribution in [0.4, 0.5) is 0 Å². The van der Waals surface area contributed by atoms with E-state index in [0.29, 0.717) is 12.8 Å². The van der Waals surface area contributed by atoms with Crippen LogP contribution in [0, 0.1) is 0 Å². The lowest BCUT2D eigenvalue weighted by Gasteiger charge is -2.41. The number of aliphatic hydroxyl groups excluding tert-OH is 1. The van der Waals surface area contributed by atoms with Gasteiger partial charge in [0.1, 0.15) is 5.54 Å². The van der Waals surface area contributed by atoms with E-state index >= 15 is 0 Å². The van der Waals surface area contributed by atoms with Crippen molar-refractivity contribution in [3.8, 4) is 0 Å². The van der Waals surface area contributed by atoms with Crippen LogP contribution in [0.1, 0.15) is 33.1 Å². The van der Waals surface area contributed by atoms with E-state index in [1.54, 1.807) is 13.8 Å². The summed E-state index contributed by atoms with van der Waals surface area (Å²) >= 11 is 0. The van der Waals surface area contributed by atoms with Crippen molar-refractivity contribution >= 4 is 5.97 Å². The molecule has 0 aromatic carbocycles. The summed E-state index contributed by atoms with van der Waals surface area (Å²) in [6.45, 7) is 3.46. The summed E-state index contributed by atoms with van der Waals surface area (Å²) < 4.78 is 0. The van der Waals surface area contributed by atoms with Gasteiger partial charge in [-0.05, 0) is 33.1 Å². The van der Waals surface area contributed by atoms with Gasteiger partial charge in [-0.1, -0.05) is 0 Å². The van der Waals surface area contributed by atoms with Gasteiger partial charge in [0.2, 0.25) is 0 Å². The van der Waals surface area contributed by atoms with Gasteiger partial charge >= 0.3 is 5.97 Å². The highest BCUT2D eigenvalue weighted by molar-refractivity contribution is 5.80. The Morgan fingerprint density at radius 2 is 2.00 bits per heavy atom. The minimum absolute atomic E-state index is 0.170. The molecule has 1 rings (SSSR count). The van der Waals surface area contributed by atoms with Gasteiger partial charge in [-0.3, -0.25) is 10.1 Å². The number of aliphatic carboxylic acids is 1. The van der Waals surface area contributed by atoms with Gasteiger partial charge in [-0.15, -0.1) is 0 Å². The van der Waals surface area contributed by atoms with Gasteiger partial charge in [0.25, 0.3) is 0 Å². The number of carbonyl (C=O) groups is 1. The van der Waals surface area contributed by atoms with Crippen LogP contribution >= 0.6 is 0 Å². The zero-order valence-corrected chi connectivity index (χ0v) is 8.08. The van der Waals surface area contributed by atoms with E-state index in [1.807, 2.05) is 0 Å². The van der Waals surface area contributed by atoms with Crippen molar-refractivity contribution in [2.75, 3.05) is 0 Å². The van der Waals surface area contributed by atoms with Gasteiger partial charge in [-0.25, -0.2) is 0 Å². The van der Waals surface area contributed by atoms with Crippen LogP contribution in [0.5, 0.6) is 0 Å². The molecule has 1 fully saturated rings. The molecule has 0 amide bonds. The van der Waals surface area contributed by atoms with Crippen LogP contribution in [0.25, 0.3) is 0 Å². The molecule has 0 aliphatic heterocycles. The SMILES string of the molecule is CC(O)C(C)NC1(C(=O)O)CCC1. The van der Waals surface area contributed by atoms with Crippen molar-refractivity contribution in [1.29, 1.82) is 0 Å². The zero-order valence-electron chi connectivity index (χ0n) is 8.08. The molecule has 1 aliphatic rings. The van der Waals surface area contributed by atoms with Crippen molar-refractivity contribution in [1.82, 2.24) is 5.32 Å². The van der Waals surface area contributed by atoms with Crippen LogP contribution in [0.2, 0.25) is 0 Å². The van der Waals surface area contributed by atoms with Gasteiger partial charge in [0.15, 0.2) is 0 Å². The van der Waals surface area contributed by atoms with Crippen LogP contribution in [0.15, 0.2) is 0 Å². The average Bonchev–Trinajstić information content (AvgIpc) is 1.95. The zero-order chi connectivity index (χ0) is 10.1. The molecule has 1 aliphatic carbocycles. The summed E-state index contributed by atoms with van der Waals surface area (Å²) in [6, 6.07) is -0.170. The molecular formula is C9H17NO3. The lowest BCUT2D eigenvalue weighted by Crippen LogP contribution is -2.61. The summed E-state index contributed by atoms with van der Waals surface area (Å²) in [5, 5.41) is 21.2. The molecule has 0 aromatic heterocycles. The number of aliphatic hydroxyl groups is 1. The Kier molecular flexibility index (Phi) is 2.93. The fourth-order valence-electron chi connectivity index (χ4n) is 1.51. The molecule has 76 valence electrons. The lowest BCUT2D eigenvalue weighted by atomic mass is 9.76. The first kappa shape index (κ1) is 10.5. The average molecular weight is 187 g/mol. The first-order chi connectivity index (χ1) is 5.98. The maximum absolute atomic E-state index is 10.9. The number of hydrogen-bond donors (Lipinski definition) is 3. The molecule has 2 atom stereocenters. The monoisotopic (exact) mass is 187 g/mol. The Bertz CT molecular complexity index is 199. The summed E-state index contributed by atoms with van der Waals surface area (Å²) in [7, 11) is 0. The molecule has 0 bridgehead atoms. The van der Waals surface area contributed by atoms with Gasteiger partial charge in [-0.2, -0.15) is 0 Å². The van der Waals surface area contributed by atoms with E-state index in [4.69, 9.17) is 5.11 Å². The van der Waals surface area contributed by atoms with Gasteiger partial charge in [0, 0.05) is 6.04 Å². The summed E-state index contributed by atoms with van der Waals surface area (Å²) in [5.41, 5.74) is -0.767. The Morgan fingerprint density at radius 1 is 1.46 bits per heavy atom. The highest BCUT2D eigenvalue weighted by Crippen LogP contribution is 2.32. The standard InChI is InChI=1S/C9H17NO3/c1-6(7(2)11)10-9(8(12)13)4-3-5-9/h6-7,10-11H,3-5H2,1-2H3,(H,12,13). The fourth-order valence-corrected chi connectivity index (χ4v) is 1.51. The second kappa shape index (κ2) is 3.64. The Labute approximate surface area is 78.0 Å². The van der Waals surface area contributed by atoms with Gasteiger partial charge in [0.05, 0.1) is 6.10 Å². The van der Waals surface area contributed by atoms with Crippen molar-refractivity contribution in [2.24, 2.45) is 0 Å². The first-order valence-electron chi connectivity index (χ1n) is 4.67. The molecule has 4 heteroatoms. The third kappa shape index (κ3) is 2.00. The molecule has 0 radical (unpaired) electrons. The maximum atomic E-state index is 10.9. The molecule has 2 unspecified atom stereocenters. The summed E-state index contributed by atoms with van der Waals surface area (Å²) in [4.78, 5) is 10.9. The number of hydrogen-bond acceptors (Lipinski definition) is 3. The number of nitrogens with one attached hydrogen (secondary N) is 1. The highest BCUT2D eigenvalue weighted by atomic mass is 16.4. The fraction of sp³-hybridized carbons (Fsp3) is 0.889. The van der Waals surface area contributed by atoms with E-state index in [9.17, 15) is 9.90 Å². The summed E-state index contributed by atoms with van der Waals surface area (Å²) in [5.74, 6) is -0.800. The van der Waals surface area contributed by atoms with Crippen LogP contribution in [0.3, 0.4) is 0 Å². The highest BCUT2D eigenvalue weighted by Gasteiger charge is 2.45. The van der Waals surface area contributed by atoms with E-state index in [2.05, 4.69) is 5.32 Å². The predicted molar refractivity (Wildman–Crippen MR) is 48.5 cm³/mol. The maximum Gasteiger partial charge on any atom is 0.323 e. The molecule has 3 N–H and O–H groups in total. The Balaban J connectivity index is 2.54. The van der Waals surface area contributed by atoms with Crippen LogP contribution in [-0.4, -0.2) is 33.9 Å². The molecule has 1 saturated carbocycles. The molecule has 13 heavy (non-hydrogen) atoms. The topological polar surface area (TPSA) is 69.6 Å². The van der Waals surface area contributed by atoms with Crippen molar-refractivity contribution in [3.63, 3.8) is 0 Å². The minimum atomic E-state index is -0.800. The smallest absolute Gasteiger partial charge is 0.323 e. The first-order valence-corrected chi connectivity index (χ1v) is 4.67. The predicted octanol–water partition coefficient (Wildman–Crippen LogP) is 0.353. The molecule has 0 aromatic rings. The molecular weight excluding hydrogens is 170 g/mol. The number of carboxylic acids is 1. The third-order valence-corrected chi connectivity index (χ3v) is 2.84. The molecule has 0 heterocycles. The Morgan fingerprint density at radius 3 is 2.23 bits per heavy atom. The molecule has 0 saturated heterocycles. The van der Waals surface area contributed by atoms with Crippen molar-refractivity contribution < 1.29 is 15.0 Å². The van der Waals surface area contributed by atoms with Crippen molar-refractivity contribution in [3.05, 3.63) is 0 Å². The lowest BCUT2D eigenvalue weighted by molar-refractivity contribution is -0.149. The van der Waals surface area contributed by atoms with Crippen molar-refractivity contribution in [2.45, 2.75) is 50.8 Å². The van der Waals surface area contributed by atoms with E-state index in [-0.39, 0.29) is 6.04 Å². The van der Waals surface area contributed by atoms with Crippen LogP contribution < -0.4 is 5.32 Å². The third-order valence-electron chi connectivity index (χ3n) is 2.84. The summed E-state index contributed by atoms with van der Waals surface area (Å²) in [6.07, 6.45) is 1.77. The quantitative estimate of drug-likeness (QED) is 0.594. The van der Waals surface area contributed by atoms with E-state index in [0.717, 1.165) is 6.42 Å². The van der Waals surface area contributed by atoms with Gasteiger partial charge < -0.3 is 10.2 Å². The second-order valence-electron chi connectivity index (χ2n) is 3.91. The largest absolute Gasteiger partial charge is 0.480 e. The van der Waals surface area contributed by atoms with Crippen LogP contribution in [-0.2, 0) is 4.79 Å². The van der Waals surface area contributed by atoms with E-state index in [1.165, 1.54) is 0 Å². The normalized spacial score (nSPS) is 24.5. The molecule has 4 nitrogen and oxygen atoms in total. The minimum Gasteiger partial charge on any atom is -0.480 e. The molecule has 0 spiro atoms. The number of carboxylic acid groups (broad SMARTS) is 1. The number of rotatable bonds is 4.